The lowest BCUT2D eigenvalue weighted by Gasteiger charge is -2.17. The quantitative estimate of drug-likeness (QED) is 0.683. The first kappa shape index (κ1) is 17.7. The summed E-state index contributed by atoms with van der Waals surface area (Å²) in [5.41, 5.74) is 2.52. The standard InChI is InChI=1S/C17H27NO3/c1-13(2)10-14-4-6-15(7-5-14)11-16(18-8-9-19)12-17(20)21-3/h4-7,13,16,18-19H,8-12H2,1-3H3. The van der Waals surface area contributed by atoms with Crippen molar-refractivity contribution in [1.29, 1.82) is 0 Å². The Hall–Kier alpha value is -1.39. The number of rotatable bonds is 9. The van der Waals surface area contributed by atoms with E-state index in [2.05, 4.69) is 43.4 Å². The summed E-state index contributed by atoms with van der Waals surface area (Å²) in [6, 6.07) is 8.51. The van der Waals surface area contributed by atoms with Gasteiger partial charge in [0, 0.05) is 12.6 Å². The molecule has 0 radical (unpaired) electrons. The minimum Gasteiger partial charge on any atom is -0.469 e. The van der Waals surface area contributed by atoms with E-state index in [1.807, 2.05) is 0 Å². The smallest absolute Gasteiger partial charge is 0.307 e. The Bertz CT molecular complexity index is 415. The zero-order chi connectivity index (χ0) is 15.7. The van der Waals surface area contributed by atoms with Crippen LogP contribution < -0.4 is 5.32 Å². The summed E-state index contributed by atoms with van der Waals surface area (Å²) >= 11 is 0. The highest BCUT2D eigenvalue weighted by molar-refractivity contribution is 5.70. The van der Waals surface area contributed by atoms with E-state index in [0.717, 1.165) is 12.8 Å². The molecule has 0 fully saturated rings. The largest absolute Gasteiger partial charge is 0.469 e. The zero-order valence-electron chi connectivity index (χ0n) is 13.3. The molecule has 0 aliphatic carbocycles. The number of aliphatic hydroxyl groups excluding tert-OH is 1. The van der Waals surface area contributed by atoms with Gasteiger partial charge in [-0.3, -0.25) is 4.79 Å². The fourth-order valence-corrected chi connectivity index (χ4v) is 2.34. The highest BCUT2D eigenvalue weighted by atomic mass is 16.5. The average molecular weight is 293 g/mol. The molecule has 1 aromatic carbocycles. The Morgan fingerprint density at radius 3 is 2.24 bits per heavy atom. The van der Waals surface area contributed by atoms with Crippen molar-refractivity contribution in [3.63, 3.8) is 0 Å². The third-order valence-corrected chi connectivity index (χ3v) is 3.33. The molecule has 0 spiro atoms. The number of hydrogen-bond donors (Lipinski definition) is 2. The highest BCUT2D eigenvalue weighted by Gasteiger charge is 2.14. The molecule has 0 amide bonds. The maximum atomic E-state index is 11.4. The van der Waals surface area contributed by atoms with Crippen LogP contribution in [0, 0.1) is 5.92 Å². The maximum Gasteiger partial charge on any atom is 0.307 e. The number of aliphatic hydroxyl groups is 1. The van der Waals surface area contributed by atoms with Crippen LogP contribution >= 0.6 is 0 Å². The number of carbonyl (C=O) groups excluding carboxylic acids is 1. The molecule has 1 rings (SSSR count). The van der Waals surface area contributed by atoms with Crippen molar-refractivity contribution < 1.29 is 14.6 Å². The molecule has 2 N–H and O–H groups in total. The van der Waals surface area contributed by atoms with Crippen molar-refractivity contribution in [2.45, 2.75) is 39.2 Å². The van der Waals surface area contributed by atoms with Gasteiger partial charge >= 0.3 is 5.97 Å². The molecule has 0 saturated carbocycles. The van der Waals surface area contributed by atoms with Gasteiger partial charge < -0.3 is 15.2 Å². The third-order valence-electron chi connectivity index (χ3n) is 3.33. The number of esters is 1. The maximum absolute atomic E-state index is 11.4. The molecule has 0 aliphatic heterocycles. The van der Waals surface area contributed by atoms with Crippen LogP contribution in [0.4, 0.5) is 0 Å². The van der Waals surface area contributed by atoms with E-state index < -0.39 is 0 Å². The predicted octanol–water partition coefficient (Wildman–Crippen LogP) is 1.94. The second kappa shape index (κ2) is 9.53. The summed E-state index contributed by atoms with van der Waals surface area (Å²) in [5.74, 6) is 0.413. The lowest BCUT2D eigenvalue weighted by Crippen LogP contribution is -2.35. The van der Waals surface area contributed by atoms with Crippen molar-refractivity contribution in [2.75, 3.05) is 20.3 Å². The molecule has 0 aromatic heterocycles. The number of carbonyl (C=O) groups is 1. The number of ether oxygens (including phenoxy) is 1. The first-order chi connectivity index (χ1) is 10.0. The van der Waals surface area contributed by atoms with Crippen LogP contribution in [0.15, 0.2) is 24.3 Å². The molecule has 0 bridgehead atoms. The Balaban J connectivity index is 2.62. The van der Waals surface area contributed by atoms with E-state index in [9.17, 15) is 4.79 Å². The van der Waals surface area contributed by atoms with Crippen molar-refractivity contribution >= 4 is 5.97 Å². The predicted molar refractivity (Wildman–Crippen MR) is 84.2 cm³/mol. The van der Waals surface area contributed by atoms with Gasteiger partial charge in [0.25, 0.3) is 0 Å². The normalized spacial score (nSPS) is 12.4. The number of hydrogen-bond acceptors (Lipinski definition) is 4. The van der Waals surface area contributed by atoms with Crippen LogP contribution in [0.25, 0.3) is 0 Å². The Labute approximate surface area is 127 Å². The van der Waals surface area contributed by atoms with Crippen LogP contribution in [0.2, 0.25) is 0 Å². The Morgan fingerprint density at radius 2 is 1.76 bits per heavy atom. The summed E-state index contributed by atoms with van der Waals surface area (Å²) in [6.45, 7) is 4.95. The number of benzene rings is 1. The average Bonchev–Trinajstić information content (AvgIpc) is 2.46. The molecular weight excluding hydrogens is 266 g/mol. The second-order valence-corrected chi connectivity index (χ2v) is 5.77. The fraction of sp³-hybridized carbons (Fsp3) is 0.588. The minimum absolute atomic E-state index is 0.0134. The monoisotopic (exact) mass is 293 g/mol. The van der Waals surface area contributed by atoms with Gasteiger partial charge in [0.2, 0.25) is 0 Å². The summed E-state index contributed by atoms with van der Waals surface area (Å²) in [6.07, 6.45) is 2.13. The van der Waals surface area contributed by atoms with Crippen LogP contribution in [-0.4, -0.2) is 37.4 Å². The first-order valence-electron chi connectivity index (χ1n) is 7.54. The van der Waals surface area contributed by atoms with E-state index in [0.29, 0.717) is 18.9 Å². The topological polar surface area (TPSA) is 58.6 Å². The fourth-order valence-electron chi connectivity index (χ4n) is 2.34. The van der Waals surface area contributed by atoms with Crippen LogP contribution in [-0.2, 0) is 22.4 Å². The van der Waals surface area contributed by atoms with Gasteiger partial charge in [0.1, 0.15) is 0 Å². The van der Waals surface area contributed by atoms with Gasteiger partial charge in [0.05, 0.1) is 20.1 Å². The van der Waals surface area contributed by atoms with Crippen LogP contribution in [0.3, 0.4) is 0 Å². The van der Waals surface area contributed by atoms with E-state index in [4.69, 9.17) is 9.84 Å². The van der Waals surface area contributed by atoms with E-state index in [1.165, 1.54) is 18.2 Å². The molecule has 21 heavy (non-hydrogen) atoms. The molecule has 4 nitrogen and oxygen atoms in total. The van der Waals surface area contributed by atoms with Gasteiger partial charge in [-0.05, 0) is 29.9 Å². The molecule has 0 saturated heterocycles. The van der Waals surface area contributed by atoms with E-state index in [1.54, 1.807) is 0 Å². The Morgan fingerprint density at radius 1 is 1.19 bits per heavy atom. The molecule has 1 atom stereocenters. The van der Waals surface area contributed by atoms with E-state index in [-0.39, 0.29) is 18.6 Å². The molecule has 1 aromatic rings. The van der Waals surface area contributed by atoms with Crippen LogP contribution in [0.5, 0.6) is 0 Å². The van der Waals surface area contributed by atoms with Crippen molar-refractivity contribution in [3.8, 4) is 0 Å². The summed E-state index contributed by atoms with van der Waals surface area (Å²) in [5, 5.41) is 12.1. The second-order valence-electron chi connectivity index (χ2n) is 5.77. The molecule has 0 heterocycles. The summed E-state index contributed by atoms with van der Waals surface area (Å²) in [7, 11) is 1.39. The van der Waals surface area contributed by atoms with Crippen LogP contribution in [0.1, 0.15) is 31.4 Å². The molecule has 4 heteroatoms. The third kappa shape index (κ3) is 7.25. The highest BCUT2D eigenvalue weighted by Crippen LogP contribution is 2.12. The van der Waals surface area contributed by atoms with E-state index >= 15 is 0 Å². The van der Waals surface area contributed by atoms with Gasteiger partial charge in [0.15, 0.2) is 0 Å². The SMILES string of the molecule is COC(=O)CC(Cc1ccc(CC(C)C)cc1)NCCO. The lowest BCUT2D eigenvalue weighted by atomic mass is 9.98. The lowest BCUT2D eigenvalue weighted by molar-refractivity contribution is -0.141. The Kier molecular flexibility index (Phi) is 8.01. The van der Waals surface area contributed by atoms with Gasteiger partial charge in [-0.1, -0.05) is 38.1 Å². The number of methoxy groups -OCH3 is 1. The van der Waals surface area contributed by atoms with Crippen molar-refractivity contribution in [2.24, 2.45) is 5.92 Å². The van der Waals surface area contributed by atoms with Crippen molar-refractivity contribution in [1.82, 2.24) is 5.32 Å². The molecular formula is C17H27NO3. The van der Waals surface area contributed by atoms with Crippen molar-refractivity contribution in [3.05, 3.63) is 35.4 Å². The van der Waals surface area contributed by atoms with Gasteiger partial charge in [-0.2, -0.15) is 0 Å². The summed E-state index contributed by atoms with van der Waals surface area (Å²) in [4.78, 5) is 11.4. The minimum atomic E-state index is -0.234. The molecule has 0 aliphatic rings. The molecule has 1 unspecified atom stereocenters. The first-order valence-corrected chi connectivity index (χ1v) is 7.54. The zero-order valence-corrected chi connectivity index (χ0v) is 13.3. The van der Waals surface area contributed by atoms with Gasteiger partial charge in [-0.25, -0.2) is 0 Å². The number of nitrogens with one attached hydrogen (secondary N) is 1. The van der Waals surface area contributed by atoms with Gasteiger partial charge in [-0.15, -0.1) is 0 Å². The molecule has 118 valence electrons. The summed E-state index contributed by atoms with van der Waals surface area (Å²) < 4.78 is 4.72.